The largest absolute Gasteiger partial charge is 0.465 e. The van der Waals surface area contributed by atoms with Crippen molar-refractivity contribution in [2.24, 2.45) is 0 Å². The summed E-state index contributed by atoms with van der Waals surface area (Å²) in [7, 11) is 1.32. The van der Waals surface area contributed by atoms with Gasteiger partial charge in [0.25, 0.3) is 0 Å². The van der Waals surface area contributed by atoms with E-state index in [0.717, 1.165) is 25.7 Å². The van der Waals surface area contributed by atoms with E-state index in [4.69, 9.17) is 28.6 Å². The number of carbonyl (C=O) groups is 1. The number of nitrogens with one attached hydrogen (secondary N) is 2. The highest BCUT2D eigenvalue weighted by molar-refractivity contribution is 7.80. The van der Waals surface area contributed by atoms with Gasteiger partial charge in [-0.25, -0.2) is 4.79 Å². The van der Waals surface area contributed by atoms with Crippen LogP contribution in [0, 0.1) is 0 Å². The third kappa shape index (κ3) is 3.97. The second-order valence-electron chi connectivity index (χ2n) is 6.29. The number of methoxy groups -OCH3 is 1. The molecule has 26 heavy (non-hydrogen) atoms. The highest BCUT2D eigenvalue weighted by atomic mass is 35.5. The predicted octanol–water partition coefficient (Wildman–Crippen LogP) is 4.28. The maximum Gasteiger partial charge on any atom is 0.339 e. The van der Waals surface area contributed by atoms with Crippen LogP contribution in [0.15, 0.2) is 42.7 Å². The molecule has 1 aliphatic carbocycles. The van der Waals surface area contributed by atoms with E-state index in [9.17, 15) is 4.79 Å². The molecule has 1 saturated carbocycles. The Hall–Kier alpha value is -2.18. The highest BCUT2D eigenvalue weighted by Crippen LogP contribution is 2.38. The van der Waals surface area contributed by atoms with Crippen molar-refractivity contribution >= 4 is 40.6 Å². The van der Waals surface area contributed by atoms with Gasteiger partial charge in [-0.05, 0) is 61.0 Å². The summed E-state index contributed by atoms with van der Waals surface area (Å²) in [6, 6.07) is 9.11. The van der Waals surface area contributed by atoms with Gasteiger partial charge in [0.1, 0.15) is 0 Å². The first-order valence-electron chi connectivity index (χ1n) is 8.42. The van der Waals surface area contributed by atoms with E-state index in [1.165, 1.54) is 12.7 Å². The lowest BCUT2D eigenvalue weighted by molar-refractivity contribution is 0.0601. The number of thiocarbonyl (C=S) groups is 1. The number of halogens is 1. The van der Waals surface area contributed by atoms with Crippen LogP contribution in [-0.4, -0.2) is 23.2 Å². The molecule has 1 aromatic carbocycles. The number of rotatable bonds is 4. The summed E-state index contributed by atoms with van der Waals surface area (Å²) in [5, 5.41) is 7.47. The highest BCUT2D eigenvalue weighted by Gasteiger charge is 2.36. The third-order valence-electron chi connectivity index (χ3n) is 4.67. The fourth-order valence-electron chi connectivity index (χ4n) is 3.38. The Balaban J connectivity index is 1.77. The number of pyridine rings is 1. The molecule has 0 amide bonds. The standard InChI is InChI=1S/C19H20ClN3O2S/c1-25-17(24)15-12-14(4-5-16(15)20)22-18(26)23-19(8-2-3-9-19)13-6-10-21-11-7-13/h4-7,10-12H,2-3,8-9H2,1H3,(H2,22,23,26). The minimum atomic E-state index is -0.485. The van der Waals surface area contributed by atoms with Crippen molar-refractivity contribution in [3.63, 3.8) is 0 Å². The molecule has 1 aromatic heterocycles. The molecule has 2 aromatic rings. The van der Waals surface area contributed by atoms with E-state index < -0.39 is 5.97 Å². The molecule has 1 fully saturated rings. The van der Waals surface area contributed by atoms with E-state index in [1.54, 1.807) is 30.6 Å². The van der Waals surface area contributed by atoms with Crippen LogP contribution in [0.5, 0.6) is 0 Å². The molecule has 0 unspecified atom stereocenters. The zero-order valence-corrected chi connectivity index (χ0v) is 16.0. The van der Waals surface area contributed by atoms with Crippen LogP contribution >= 0.6 is 23.8 Å². The fraction of sp³-hybridized carbons (Fsp3) is 0.316. The second kappa shape index (κ2) is 8.01. The minimum absolute atomic E-state index is 0.190. The Kier molecular flexibility index (Phi) is 5.74. The van der Waals surface area contributed by atoms with Gasteiger partial charge in [-0.3, -0.25) is 4.98 Å². The van der Waals surface area contributed by atoms with Crippen LogP contribution in [0.25, 0.3) is 0 Å². The Morgan fingerprint density at radius 2 is 1.92 bits per heavy atom. The SMILES string of the molecule is COC(=O)c1cc(NC(=S)NC2(c3ccncc3)CCCC2)ccc1Cl. The number of hydrogen-bond donors (Lipinski definition) is 2. The first kappa shape index (κ1) is 18.6. The molecule has 0 atom stereocenters. The van der Waals surface area contributed by atoms with Gasteiger partial charge in [-0.2, -0.15) is 0 Å². The van der Waals surface area contributed by atoms with E-state index in [1.807, 2.05) is 12.1 Å². The van der Waals surface area contributed by atoms with Crippen molar-refractivity contribution in [3.05, 3.63) is 58.9 Å². The van der Waals surface area contributed by atoms with Crippen LogP contribution < -0.4 is 10.6 Å². The molecule has 1 aliphatic rings. The predicted molar refractivity (Wildman–Crippen MR) is 107 cm³/mol. The van der Waals surface area contributed by atoms with Gasteiger partial charge in [-0.15, -0.1) is 0 Å². The molecule has 0 saturated heterocycles. The number of aromatic nitrogens is 1. The Labute approximate surface area is 163 Å². The van der Waals surface area contributed by atoms with E-state index >= 15 is 0 Å². The van der Waals surface area contributed by atoms with Crippen LogP contribution in [0.3, 0.4) is 0 Å². The topological polar surface area (TPSA) is 63.2 Å². The maximum absolute atomic E-state index is 11.8. The lowest BCUT2D eigenvalue weighted by Crippen LogP contribution is -2.45. The lowest BCUT2D eigenvalue weighted by atomic mass is 9.89. The number of nitrogens with zero attached hydrogens (tertiary/aromatic N) is 1. The van der Waals surface area contributed by atoms with Crippen molar-refractivity contribution in [2.75, 3.05) is 12.4 Å². The molecule has 7 heteroatoms. The maximum atomic E-state index is 11.8. The smallest absolute Gasteiger partial charge is 0.339 e. The Bertz CT molecular complexity index is 808. The van der Waals surface area contributed by atoms with Crippen LogP contribution in [0.4, 0.5) is 5.69 Å². The summed E-state index contributed by atoms with van der Waals surface area (Å²) < 4.78 is 4.75. The number of benzene rings is 1. The zero-order chi connectivity index (χ0) is 18.6. The molecule has 5 nitrogen and oxygen atoms in total. The van der Waals surface area contributed by atoms with Gasteiger partial charge in [0.05, 0.1) is 23.2 Å². The Morgan fingerprint density at radius 1 is 1.23 bits per heavy atom. The van der Waals surface area contributed by atoms with Gasteiger partial charge >= 0.3 is 5.97 Å². The number of ether oxygens (including phenoxy) is 1. The molecule has 0 aliphatic heterocycles. The minimum Gasteiger partial charge on any atom is -0.465 e. The lowest BCUT2D eigenvalue weighted by Gasteiger charge is -2.32. The number of esters is 1. The normalized spacial score (nSPS) is 15.3. The second-order valence-corrected chi connectivity index (χ2v) is 7.11. The van der Waals surface area contributed by atoms with E-state index in [2.05, 4.69) is 15.6 Å². The van der Waals surface area contributed by atoms with Gasteiger partial charge in [0.2, 0.25) is 0 Å². The quantitative estimate of drug-likeness (QED) is 0.601. The van der Waals surface area contributed by atoms with Crippen molar-refractivity contribution in [1.29, 1.82) is 0 Å². The molecule has 0 bridgehead atoms. The molecule has 3 rings (SSSR count). The van der Waals surface area contributed by atoms with Crippen LogP contribution in [-0.2, 0) is 10.3 Å². The molecule has 136 valence electrons. The number of hydrogen-bond acceptors (Lipinski definition) is 4. The number of carbonyl (C=O) groups excluding carboxylic acids is 1. The van der Waals surface area contributed by atoms with E-state index in [-0.39, 0.29) is 5.54 Å². The van der Waals surface area contributed by atoms with Crippen molar-refractivity contribution in [1.82, 2.24) is 10.3 Å². The van der Waals surface area contributed by atoms with Crippen molar-refractivity contribution < 1.29 is 9.53 Å². The summed E-state index contributed by atoms with van der Waals surface area (Å²) >= 11 is 11.6. The zero-order valence-electron chi connectivity index (χ0n) is 14.4. The van der Waals surface area contributed by atoms with E-state index in [0.29, 0.717) is 21.4 Å². The average Bonchev–Trinajstić information content (AvgIpc) is 3.13. The monoisotopic (exact) mass is 389 g/mol. The summed E-state index contributed by atoms with van der Waals surface area (Å²) in [6.07, 6.45) is 7.90. The average molecular weight is 390 g/mol. The van der Waals surface area contributed by atoms with Crippen LogP contribution in [0.1, 0.15) is 41.6 Å². The van der Waals surface area contributed by atoms with Crippen LogP contribution in [0.2, 0.25) is 5.02 Å². The van der Waals surface area contributed by atoms with Crippen molar-refractivity contribution in [2.45, 2.75) is 31.2 Å². The fourth-order valence-corrected chi connectivity index (χ4v) is 3.89. The third-order valence-corrected chi connectivity index (χ3v) is 5.21. The van der Waals surface area contributed by atoms with Gasteiger partial charge < -0.3 is 15.4 Å². The first-order chi connectivity index (χ1) is 12.5. The summed E-state index contributed by atoms with van der Waals surface area (Å²) in [5.41, 5.74) is 1.97. The molecule has 0 spiro atoms. The molecular weight excluding hydrogens is 370 g/mol. The molecule has 2 N–H and O–H groups in total. The molecular formula is C19H20ClN3O2S. The summed E-state index contributed by atoms with van der Waals surface area (Å²) in [5.74, 6) is -0.485. The van der Waals surface area contributed by atoms with Gasteiger partial charge in [-0.1, -0.05) is 24.4 Å². The van der Waals surface area contributed by atoms with Gasteiger partial charge in [0, 0.05) is 18.1 Å². The Morgan fingerprint density at radius 3 is 2.58 bits per heavy atom. The summed E-state index contributed by atoms with van der Waals surface area (Å²) in [6.45, 7) is 0. The number of anilines is 1. The molecule has 0 radical (unpaired) electrons. The summed E-state index contributed by atoms with van der Waals surface area (Å²) in [4.78, 5) is 15.9. The van der Waals surface area contributed by atoms with Gasteiger partial charge in [0.15, 0.2) is 5.11 Å². The van der Waals surface area contributed by atoms with Crippen molar-refractivity contribution in [3.8, 4) is 0 Å². The first-order valence-corrected chi connectivity index (χ1v) is 9.20. The molecule has 1 heterocycles.